The molecule has 0 heterocycles. The van der Waals surface area contributed by atoms with E-state index in [0.717, 1.165) is 6.42 Å². The highest BCUT2D eigenvalue weighted by atomic mass is 79.9. The molecule has 0 fully saturated rings. The highest BCUT2D eigenvalue weighted by molar-refractivity contribution is 9.10. The SMILES string of the molecule is CC1=Cc2c(Br)cc(-c3ccccc3)cc2C1CC1C(C)=Cc2c(Br)cc(-c3ccccc3)cc21. The quantitative estimate of drug-likeness (QED) is 0.225. The molecule has 0 bridgehead atoms. The van der Waals surface area contributed by atoms with E-state index in [1.165, 1.54) is 64.6 Å². The summed E-state index contributed by atoms with van der Waals surface area (Å²) >= 11 is 7.77. The zero-order valence-electron chi connectivity index (χ0n) is 19.9. The van der Waals surface area contributed by atoms with E-state index < -0.39 is 0 Å². The van der Waals surface area contributed by atoms with Gasteiger partial charge in [-0.25, -0.2) is 0 Å². The van der Waals surface area contributed by atoms with E-state index in [2.05, 4.69) is 143 Å². The Kier molecular flexibility index (Phi) is 5.90. The molecule has 0 saturated heterocycles. The van der Waals surface area contributed by atoms with Crippen LogP contribution < -0.4 is 0 Å². The molecule has 2 aliphatic rings. The van der Waals surface area contributed by atoms with Crippen LogP contribution in [0.1, 0.15) is 54.4 Å². The van der Waals surface area contributed by atoms with E-state index in [1.54, 1.807) is 0 Å². The highest BCUT2D eigenvalue weighted by Crippen LogP contribution is 2.51. The smallest absolute Gasteiger partial charge is 0.0256 e. The molecule has 2 heteroatoms. The molecule has 0 N–H and O–H groups in total. The summed E-state index contributed by atoms with van der Waals surface area (Å²) < 4.78 is 2.37. The second-order valence-electron chi connectivity index (χ2n) is 9.77. The van der Waals surface area contributed by atoms with Crippen molar-refractivity contribution in [3.63, 3.8) is 0 Å². The van der Waals surface area contributed by atoms with Crippen LogP contribution in [0.3, 0.4) is 0 Å². The van der Waals surface area contributed by atoms with Gasteiger partial charge >= 0.3 is 0 Å². The van der Waals surface area contributed by atoms with Crippen molar-refractivity contribution in [2.75, 3.05) is 0 Å². The number of allylic oxidation sites excluding steroid dienone is 2. The molecule has 0 radical (unpaired) electrons. The minimum Gasteiger partial charge on any atom is -0.0651 e. The molecular weight excluding hydrogens is 556 g/mol. The van der Waals surface area contributed by atoms with Crippen molar-refractivity contribution in [1.82, 2.24) is 0 Å². The summed E-state index contributed by atoms with van der Waals surface area (Å²) in [7, 11) is 0. The summed E-state index contributed by atoms with van der Waals surface area (Å²) in [5.74, 6) is 0.812. The zero-order chi connectivity index (χ0) is 24.1. The highest BCUT2D eigenvalue weighted by Gasteiger charge is 2.32. The number of hydrogen-bond donors (Lipinski definition) is 0. The normalized spacial score (nSPS) is 18.2. The fourth-order valence-electron chi connectivity index (χ4n) is 5.76. The minimum absolute atomic E-state index is 0.406. The van der Waals surface area contributed by atoms with Crippen LogP contribution in [-0.2, 0) is 0 Å². The van der Waals surface area contributed by atoms with Crippen LogP contribution in [0.5, 0.6) is 0 Å². The molecule has 172 valence electrons. The lowest BCUT2D eigenvalue weighted by atomic mass is 9.81. The second kappa shape index (κ2) is 9.08. The number of rotatable bonds is 4. The molecule has 0 aliphatic heterocycles. The van der Waals surface area contributed by atoms with Gasteiger partial charge in [-0.3, -0.25) is 0 Å². The molecule has 0 aromatic heterocycles. The first kappa shape index (κ1) is 22.8. The number of halogens is 2. The Morgan fingerprint density at radius 2 is 0.943 bits per heavy atom. The maximum atomic E-state index is 3.88. The van der Waals surface area contributed by atoms with Crippen molar-refractivity contribution < 1.29 is 0 Å². The molecule has 0 spiro atoms. The van der Waals surface area contributed by atoms with Crippen molar-refractivity contribution in [3.8, 4) is 22.3 Å². The Labute approximate surface area is 224 Å². The third kappa shape index (κ3) is 4.07. The van der Waals surface area contributed by atoms with Crippen molar-refractivity contribution in [2.24, 2.45) is 0 Å². The predicted molar refractivity (Wildman–Crippen MR) is 157 cm³/mol. The first-order chi connectivity index (χ1) is 17.0. The van der Waals surface area contributed by atoms with Gasteiger partial charge in [0.05, 0.1) is 0 Å². The van der Waals surface area contributed by atoms with E-state index in [1.807, 2.05) is 0 Å². The zero-order valence-corrected chi connectivity index (χ0v) is 23.0. The summed E-state index contributed by atoms with van der Waals surface area (Å²) in [6.45, 7) is 4.59. The van der Waals surface area contributed by atoms with Crippen molar-refractivity contribution in [1.29, 1.82) is 0 Å². The summed E-state index contributed by atoms with van der Waals surface area (Å²) in [4.78, 5) is 0. The van der Waals surface area contributed by atoms with Crippen LogP contribution in [-0.4, -0.2) is 0 Å². The topological polar surface area (TPSA) is 0 Å². The summed E-state index contributed by atoms with van der Waals surface area (Å²) in [5.41, 5.74) is 13.5. The third-order valence-corrected chi connectivity index (χ3v) is 8.92. The van der Waals surface area contributed by atoms with E-state index in [0.29, 0.717) is 11.8 Å². The summed E-state index contributed by atoms with van der Waals surface area (Å²) in [6, 6.07) is 30.8. The Morgan fingerprint density at radius 1 is 0.543 bits per heavy atom. The van der Waals surface area contributed by atoms with Gasteiger partial charge in [-0.2, -0.15) is 0 Å². The van der Waals surface area contributed by atoms with Crippen LogP contribution in [0.25, 0.3) is 34.4 Å². The Hall–Kier alpha value is -2.68. The maximum absolute atomic E-state index is 3.88. The van der Waals surface area contributed by atoms with Gasteiger partial charge in [-0.15, -0.1) is 0 Å². The molecule has 2 aliphatic carbocycles. The van der Waals surface area contributed by atoms with Crippen LogP contribution in [0, 0.1) is 0 Å². The van der Waals surface area contributed by atoms with E-state index >= 15 is 0 Å². The van der Waals surface area contributed by atoms with Crippen LogP contribution in [0.4, 0.5) is 0 Å². The molecule has 0 amide bonds. The molecule has 4 aromatic rings. The number of hydrogen-bond acceptors (Lipinski definition) is 0. The first-order valence-corrected chi connectivity index (χ1v) is 13.7. The van der Waals surface area contributed by atoms with E-state index in [4.69, 9.17) is 0 Å². The van der Waals surface area contributed by atoms with Gasteiger partial charge in [0.25, 0.3) is 0 Å². The lowest BCUT2D eigenvalue weighted by molar-refractivity contribution is 0.642. The predicted octanol–water partition coefficient (Wildman–Crippen LogP) is 10.6. The van der Waals surface area contributed by atoms with Crippen molar-refractivity contribution >= 4 is 44.0 Å². The molecule has 2 atom stereocenters. The van der Waals surface area contributed by atoms with Gasteiger partial charge in [-0.05, 0) is 89.0 Å². The molecule has 6 rings (SSSR count). The van der Waals surface area contributed by atoms with Crippen molar-refractivity contribution in [2.45, 2.75) is 32.1 Å². The average molecular weight is 582 g/mol. The minimum atomic E-state index is 0.406. The molecular formula is C33H26Br2. The van der Waals surface area contributed by atoms with Gasteiger partial charge in [0.15, 0.2) is 0 Å². The average Bonchev–Trinajstić information content (AvgIpc) is 3.37. The van der Waals surface area contributed by atoms with Crippen molar-refractivity contribution in [3.05, 3.63) is 127 Å². The number of benzene rings is 4. The van der Waals surface area contributed by atoms with Crippen LogP contribution >= 0.6 is 31.9 Å². The Morgan fingerprint density at radius 3 is 1.34 bits per heavy atom. The molecule has 35 heavy (non-hydrogen) atoms. The second-order valence-corrected chi connectivity index (χ2v) is 11.5. The lowest BCUT2D eigenvalue weighted by Crippen LogP contribution is -2.07. The van der Waals surface area contributed by atoms with Crippen LogP contribution in [0.15, 0.2) is 105 Å². The fraction of sp³-hybridized carbons (Fsp3) is 0.152. The van der Waals surface area contributed by atoms with Crippen LogP contribution in [0.2, 0.25) is 0 Å². The standard InChI is InChI=1S/C33H26Br2/c1-20-13-30-28(15-24(17-32(30)34)22-9-5-3-6-10-22)26(20)19-27-21(2)14-31-29(27)16-25(18-33(31)35)23-11-7-4-8-12-23/h3-18,26-27H,19H2,1-2H3. The molecule has 0 nitrogen and oxygen atoms in total. The van der Waals surface area contributed by atoms with Gasteiger partial charge < -0.3 is 0 Å². The summed E-state index contributed by atoms with van der Waals surface area (Å²) in [6.07, 6.45) is 5.84. The lowest BCUT2D eigenvalue weighted by Gasteiger charge is -2.23. The molecule has 4 aromatic carbocycles. The van der Waals surface area contributed by atoms with E-state index in [-0.39, 0.29) is 0 Å². The number of fused-ring (bicyclic) bond motifs is 2. The van der Waals surface area contributed by atoms with E-state index in [9.17, 15) is 0 Å². The first-order valence-electron chi connectivity index (χ1n) is 12.1. The molecule has 0 saturated carbocycles. The largest absolute Gasteiger partial charge is 0.0651 e. The Balaban J connectivity index is 1.40. The molecule has 2 unspecified atom stereocenters. The van der Waals surface area contributed by atoms with Gasteiger partial charge in [-0.1, -0.05) is 116 Å². The third-order valence-electron chi connectivity index (χ3n) is 7.60. The monoisotopic (exact) mass is 580 g/mol. The van der Waals surface area contributed by atoms with Gasteiger partial charge in [0.1, 0.15) is 0 Å². The summed E-state index contributed by atoms with van der Waals surface area (Å²) in [5, 5.41) is 0. The van der Waals surface area contributed by atoms with Gasteiger partial charge in [0.2, 0.25) is 0 Å². The fourth-order valence-corrected chi connectivity index (χ4v) is 6.94. The maximum Gasteiger partial charge on any atom is 0.0256 e. The van der Waals surface area contributed by atoms with Gasteiger partial charge in [0, 0.05) is 20.8 Å². The Bertz CT molecular complexity index is 1380.